The van der Waals surface area contributed by atoms with Gasteiger partial charge in [0, 0.05) is 29.9 Å². The Hall–Kier alpha value is -3.89. The first-order valence-electron chi connectivity index (χ1n) is 9.57. The molecule has 1 unspecified atom stereocenters. The minimum absolute atomic E-state index is 0.294. The van der Waals surface area contributed by atoms with Crippen molar-refractivity contribution >= 4 is 0 Å². The Morgan fingerprint density at radius 3 is 2.60 bits per heavy atom. The monoisotopic (exact) mass is 396 g/mol. The van der Waals surface area contributed by atoms with E-state index in [2.05, 4.69) is 43.6 Å². The second-order valence-electron chi connectivity index (χ2n) is 6.91. The molecule has 1 atom stereocenters. The molecule has 0 saturated carbocycles. The summed E-state index contributed by atoms with van der Waals surface area (Å²) in [6, 6.07) is 15.9. The van der Waals surface area contributed by atoms with Gasteiger partial charge in [-0.3, -0.25) is 9.97 Å². The van der Waals surface area contributed by atoms with Crippen molar-refractivity contribution in [2.45, 2.75) is 19.4 Å². The lowest BCUT2D eigenvalue weighted by Gasteiger charge is -2.06. The van der Waals surface area contributed by atoms with Crippen molar-refractivity contribution in [1.82, 2.24) is 25.4 Å². The van der Waals surface area contributed by atoms with Crippen LogP contribution in [-0.2, 0) is 6.54 Å². The van der Waals surface area contributed by atoms with Crippen LogP contribution in [0.15, 0.2) is 65.6 Å². The van der Waals surface area contributed by atoms with Crippen LogP contribution < -0.4 is 5.32 Å². The fourth-order valence-corrected chi connectivity index (χ4v) is 3.06. The molecule has 0 fully saturated rings. The summed E-state index contributed by atoms with van der Waals surface area (Å²) in [7, 11) is 1.92. The van der Waals surface area contributed by atoms with Crippen molar-refractivity contribution in [3.63, 3.8) is 0 Å². The Morgan fingerprint density at radius 1 is 1.03 bits per heavy atom. The van der Waals surface area contributed by atoms with E-state index in [0.29, 0.717) is 22.8 Å². The molecule has 0 radical (unpaired) electrons. The molecule has 1 aromatic carbocycles. The first-order valence-corrected chi connectivity index (χ1v) is 9.57. The Kier molecular flexibility index (Phi) is 5.59. The van der Waals surface area contributed by atoms with E-state index in [0.717, 1.165) is 23.4 Å². The normalized spacial score (nSPS) is 11.8. The van der Waals surface area contributed by atoms with Crippen LogP contribution in [0.1, 0.15) is 24.1 Å². The standard InChI is InChI=1S/C23H20N6O/c1-15(11-24)19-9-18(7-8-27-19)21-13-26-14-22(28-21)23-10-20(29-30-23)17-5-3-16(4-6-17)12-25-2/h3-10,13-15,25H,12H2,1-2H3. The van der Waals surface area contributed by atoms with Crippen LogP contribution in [0, 0.1) is 11.3 Å². The fraction of sp³-hybridized carbons (Fsp3) is 0.174. The van der Waals surface area contributed by atoms with Crippen LogP contribution in [0.5, 0.6) is 0 Å². The molecule has 7 nitrogen and oxygen atoms in total. The first-order chi connectivity index (χ1) is 14.7. The van der Waals surface area contributed by atoms with Crippen molar-refractivity contribution in [2.24, 2.45) is 0 Å². The van der Waals surface area contributed by atoms with E-state index >= 15 is 0 Å². The quantitative estimate of drug-likeness (QED) is 0.521. The highest BCUT2D eigenvalue weighted by molar-refractivity contribution is 5.67. The summed E-state index contributed by atoms with van der Waals surface area (Å²) >= 11 is 0. The second kappa shape index (κ2) is 8.64. The number of hydrogen-bond donors (Lipinski definition) is 1. The van der Waals surface area contributed by atoms with Gasteiger partial charge in [-0.05, 0) is 31.7 Å². The van der Waals surface area contributed by atoms with Gasteiger partial charge >= 0.3 is 0 Å². The zero-order chi connectivity index (χ0) is 20.9. The highest BCUT2D eigenvalue weighted by atomic mass is 16.5. The second-order valence-corrected chi connectivity index (χ2v) is 6.91. The minimum Gasteiger partial charge on any atom is -0.354 e. The smallest absolute Gasteiger partial charge is 0.187 e. The summed E-state index contributed by atoms with van der Waals surface area (Å²) < 4.78 is 5.53. The average molecular weight is 396 g/mol. The number of nitriles is 1. The lowest BCUT2D eigenvalue weighted by Crippen LogP contribution is -2.04. The Morgan fingerprint density at radius 2 is 1.83 bits per heavy atom. The molecule has 30 heavy (non-hydrogen) atoms. The largest absolute Gasteiger partial charge is 0.354 e. The molecular weight excluding hydrogens is 376 g/mol. The maximum absolute atomic E-state index is 9.14. The molecule has 0 amide bonds. The van der Waals surface area contributed by atoms with Crippen LogP contribution in [0.25, 0.3) is 34.0 Å². The Labute approximate surface area is 174 Å². The number of nitrogens with zero attached hydrogens (tertiary/aromatic N) is 5. The molecule has 7 heteroatoms. The number of nitrogens with one attached hydrogen (secondary N) is 1. The lowest BCUT2D eigenvalue weighted by molar-refractivity contribution is 0.433. The maximum Gasteiger partial charge on any atom is 0.187 e. The highest BCUT2D eigenvalue weighted by Crippen LogP contribution is 2.27. The zero-order valence-electron chi connectivity index (χ0n) is 16.7. The summed E-state index contributed by atoms with van der Waals surface area (Å²) in [6.45, 7) is 2.63. The molecule has 0 aliphatic heterocycles. The van der Waals surface area contributed by atoms with Crippen LogP contribution >= 0.6 is 0 Å². The molecule has 4 rings (SSSR count). The van der Waals surface area contributed by atoms with Crippen molar-refractivity contribution in [2.75, 3.05) is 7.05 Å². The number of pyridine rings is 1. The van der Waals surface area contributed by atoms with Gasteiger partial charge in [-0.2, -0.15) is 5.26 Å². The molecule has 0 bridgehead atoms. The zero-order valence-corrected chi connectivity index (χ0v) is 16.7. The predicted octanol–water partition coefficient (Wildman–Crippen LogP) is 4.21. The summed E-state index contributed by atoms with van der Waals surface area (Å²) in [4.78, 5) is 13.2. The molecule has 3 heterocycles. The number of hydrogen-bond acceptors (Lipinski definition) is 7. The van der Waals surface area contributed by atoms with E-state index in [1.54, 1.807) is 18.6 Å². The van der Waals surface area contributed by atoms with E-state index in [-0.39, 0.29) is 5.92 Å². The van der Waals surface area contributed by atoms with Gasteiger partial charge in [0.2, 0.25) is 0 Å². The summed E-state index contributed by atoms with van der Waals surface area (Å²) in [6.07, 6.45) is 5.00. The van der Waals surface area contributed by atoms with Crippen molar-refractivity contribution < 1.29 is 4.52 Å². The third kappa shape index (κ3) is 4.09. The summed E-state index contributed by atoms with van der Waals surface area (Å²) in [5.41, 5.74) is 5.72. The van der Waals surface area contributed by atoms with Crippen molar-refractivity contribution in [3.8, 4) is 40.0 Å². The van der Waals surface area contributed by atoms with Gasteiger partial charge in [-0.15, -0.1) is 0 Å². The molecule has 0 saturated heterocycles. The van der Waals surface area contributed by atoms with Gasteiger partial charge in [0.25, 0.3) is 0 Å². The van der Waals surface area contributed by atoms with Crippen LogP contribution in [-0.4, -0.2) is 27.2 Å². The molecule has 0 spiro atoms. The van der Waals surface area contributed by atoms with Crippen LogP contribution in [0.4, 0.5) is 0 Å². The van der Waals surface area contributed by atoms with Crippen LogP contribution in [0.2, 0.25) is 0 Å². The number of benzene rings is 1. The van der Waals surface area contributed by atoms with Crippen molar-refractivity contribution in [1.29, 1.82) is 5.26 Å². The third-order valence-electron chi connectivity index (χ3n) is 4.74. The van der Waals surface area contributed by atoms with E-state index in [1.165, 1.54) is 5.56 Å². The van der Waals surface area contributed by atoms with Gasteiger partial charge in [0.15, 0.2) is 5.76 Å². The van der Waals surface area contributed by atoms with E-state index in [1.807, 2.05) is 44.3 Å². The van der Waals surface area contributed by atoms with Gasteiger partial charge in [-0.25, -0.2) is 4.98 Å². The molecule has 1 N–H and O–H groups in total. The molecule has 0 aliphatic carbocycles. The topological polar surface area (TPSA) is 101 Å². The fourth-order valence-electron chi connectivity index (χ4n) is 3.06. The first kappa shape index (κ1) is 19.4. The highest BCUT2D eigenvalue weighted by Gasteiger charge is 2.13. The lowest BCUT2D eigenvalue weighted by atomic mass is 10.1. The maximum atomic E-state index is 9.14. The van der Waals surface area contributed by atoms with E-state index in [4.69, 9.17) is 9.78 Å². The SMILES string of the molecule is CNCc1ccc(-c2cc(-c3cncc(-c4ccnc(C(C)C#N)c4)n3)on2)cc1. The molecule has 4 aromatic rings. The molecule has 3 aromatic heterocycles. The molecule has 0 aliphatic rings. The van der Waals surface area contributed by atoms with Gasteiger partial charge in [-0.1, -0.05) is 29.4 Å². The van der Waals surface area contributed by atoms with Gasteiger partial charge in [0.05, 0.1) is 35.8 Å². The van der Waals surface area contributed by atoms with Crippen molar-refractivity contribution in [3.05, 3.63) is 72.3 Å². The van der Waals surface area contributed by atoms with Gasteiger partial charge < -0.3 is 9.84 Å². The average Bonchev–Trinajstić information content (AvgIpc) is 3.30. The Balaban J connectivity index is 1.61. The third-order valence-corrected chi connectivity index (χ3v) is 4.74. The Bertz CT molecular complexity index is 1190. The number of rotatable bonds is 6. The summed E-state index contributed by atoms with van der Waals surface area (Å²) in [5.74, 6) is 0.246. The number of aromatic nitrogens is 4. The van der Waals surface area contributed by atoms with Crippen LogP contribution in [0.3, 0.4) is 0 Å². The predicted molar refractivity (Wildman–Crippen MR) is 113 cm³/mol. The van der Waals surface area contributed by atoms with Gasteiger partial charge in [0.1, 0.15) is 11.4 Å². The molecular formula is C23H20N6O. The minimum atomic E-state index is -0.294. The summed E-state index contributed by atoms with van der Waals surface area (Å²) in [5, 5.41) is 16.5. The van der Waals surface area contributed by atoms with E-state index in [9.17, 15) is 0 Å². The molecule has 148 valence electrons. The van der Waals surface area contributed by atoms with E-state index < -0.39 is 0 Å².